The summed E-state index contributed by atoms with van der Waals surface area (Å²) in [6, 6.07) is 7.63. The molecule has 1 aromatic carbocycles. The minimum absolute atomic E-state index is 0.0555. The average molecular weight is 278 g/mol. The summed E-state index contributed by atoms with van der Waals surface area (Å²) in [5.74, 6) is 0.905. The Balaban J connectivity index is 2.72. The number of ether oxygens (including phenoxy) is 1. The predicted molar refractivity (Wildman–Crippen MR) is 81.8 cm³/mol. The summed E-state index contributed by atoms with van der Waals surface area (Å²) in [5, 5.41) is 0. The number of amides is 1. The topological polar surface area (TPSA) is 55.6 Å². The van der Waals surface area contributed by atoms with Gasteiger partial charge in [-0.15, -0.1) is 0 Å². The molecule has 0 spiro atoms. The number of carbonyl (C=O) groups excluding carboxylic acids is 1. The summed E-state index contributed by atoms with van der Waals surface area (Å²) < 4.78 is 5.18. The van der Waals surface area contributed by atoms with Crippen molar-refractivity contribution in [1.29, 1.82) is 0 Å². The second kappa shape index (κ2) is 7.29. The van der Waals surface area contributed by atoms with Gasteiger partial charge in [0.2, 0.25) is 5.91 Å². The van der Waals surface area contributed by atoms with E-state index in [1.165, 1.54) is 0 Å². The maximum absolute atomic E-state index is 12.4. The molecule has 1 rings (SSSR count). The molecule has 0 aromatic heterocycles. The summed E-state index contributed by atoms with van der Waals surface area (Å²) >= 11 is 0. The molecule has 4 heteroatoms. The van der Waals surface area contributed by atoms with Crippen LogP contribution in [0.1, 0.15) is 26.3 Å². The number of rotatable bonds is 7. The van der Waals surface area contributed by atoms with Gasteiger partial charge in [-0.3, -0.25) is 4.79 Å². The van der Waals surface area contributed by atoms with Crippen LogP contribution < -0.4 is 10.5 Å². The van der Waals surface area contributed by atoms with Gasteiger partial charge in [0.25, 0.3) is 0 Å². The van der Waals surface area contributed by atoms with E-state index >= 15 is 0 Å². The molecule has 0 aliphatic carbocycles. The Hall–Kier alpha value is -1.55. The highest BCUT2D eigenvalue weighted by atomic mass is 16.5. The van der Waals surface area contributed by atoms with Gasteiger partial charge in [-0.05, 0) is 36.6 Å². The fourth-order valence-corrected chi connectivity index (χ4v) is 2.03. The summed E-state index contributed by atoms with van der Waals surface area (Å²) in [6.07, 6.45) is 0.395. The molecule has 2 N–H and O–H groups in total. The van der Waals surface area contributed by atoms with Crippen LogP contribution in [0.2, 0.25) is 0 Å². The number of hydrogen-bond donors (Lipinski definition) is 1. The molecular formula is C16H26N2O2. The van der Waals surface area contributed by atoms with Gasteiger partial charge in [0, 0.05) is 13.1 Å². The van der Waals surface area contributed by atoms with E-state index in [4.69, 9.17) is 10.5 Å². The van der Waals surface area contributed by atoms with E-state index in [0.29, 0.717) is 26.1 Å². The van der Waals surface area contributed by atoms with Gasteiger partial charge in [-0.1, -0.05) is 26.0 Å². The third kappa shape index (κ3) is 4.85. The van der Waals surface area contributed by atoms with E-state index in [9.17, 15) is 4.79 Å². The lowest BCUT2D eigenvalue weighted by Gasteiger charge is -2.31. The molecule has 0 saturated carbocycles. The van der Waals surface area contributed by atoms with Crippen LogP contribution in [-0.4, -0.2) is 37.6 Å². The van der Waals surface area contributed by atoms with E-state index in [1.807, 2.05) is 36.1 Å². The van der Waals surface area contributed by atoms with Crippen molar-refractivity contribution >= 4 is 5.91 Å². The van der Waals surface area contributed by atoms with Crippen molar-refractivity contribution in [2.75, 3.05) is 26.7 Å². The number of carbonyl (C=O) groups is 1. The van der Waals surface area contributed by atoms with E-state index in [2.05, 4.69) is 13.8 Å². The molecule has 0 aliphatic rings. The zero-order valence-corrected chi connectivity index (χ0v) is 13.0. The van der Waals surface area contributed by atoms with Crippen LogP contribution >= 0.6 is 0 Å². The number of benzene rings is 1. The van der Waals surface area contributed by atoms with Crippen LogP contribution in [0.15, 0.2) is 24.3 Å². The van der Waals surface area contributed by atoms with E-state index in [1.54, 1.807) is 7.11 Å². The number of likely N-dealkylation sites (N-methyl/N-ethyl adjacent to an activating group) is 1. The van der Waals surface area contributed by atoms with Crippen molar-refractivity contribution in [3.05, 3.63) is 29.8 Å². The van der Waals surface area contributed by atoms with Crippen LogP contribution in [0.3, 0.4) is 0 Å². The van der Waals surface area contributed by atoms with Crippen LogP contribution in [0.25, 0.3) is 0 Å². The average Bonchev–Trinajstić information content (AvgIpc) is 2.44. The largest absolute Gasteiger partial charge is 0.497 e. The second-order valence-corrected chi connectivity index (χ2v) is 5.80. The third-order valence-electron chi connectivity index (χ3n) is 3.40. The number of methoxy groups -OCH3 is 1. The van der Waals surface area contributed by atoms with Gasteiger partial charge < -0.3 is 15.4 Å². The Morgan fingerprint density at radius 3 is 2.65 bits per heavy atom. The van der Waals surface area contributed by atoms with Gasteiger partial charge in [0.15, 0.2) is 0 Å². The van der Waals surface area contributed by atoms with E-state index in [0.717, 1.165) is 11.3 Å². The molecule has 0 fully saturated rings. The van der Waals surface area contributed by atoms with Crippen LogP contribution in [0.4, 0.5) is 0 Å². The Labute approximate surface area is 121 Å². The Morgan fingerprint density at radius 2 is 2.10 bits per heavy atom. The van der Waals surface area contributed by atoms with E-state index in [-0.39, 0.29) is 11.3 Å². The van der Waals surface area contributed by atoms with Crippen LogP contribution in [0.5, 0.6) is 5.75 Å². The molecule has 0 bridgehead atoms. The van der Waals surface area contributed by atoms with Crippen molar-refractivity contribution < 1.29 is 9.53 Å². The van der Waals surface area contributed by atoms with Crippen LogP contribution in [0, 0.1) is 5.41 Å². The van der Waals surface area contributed by atoms with Gasteiger partial charge >= 0.3 is 0 Å². The molecule has 20 heavy (non-hydrogen) atoms. The SMILES string of the molecule is CCN(CC(C)(C)CN)C(=O)Cc1cccc(OC)c1. The maximum Gasteiger partial charge on any atom is 0.227 e. The zero-order chi connectivity index (χ0) is 15.2. The third-order valence-corrected chi connectivity index (χ3v) is 3.40. The fourth-order valence-electron chi connectivity index (χ4n) is 2.03. The van der Waals surface area contributed by atoms with Gasteiger partial charge in [-0.2, -0.15) is 0 Å². The predicted octanol–water partition coefficient (Wildman–Crippen LogP) is 2.07. The lowest BCUT2D eigenvalue weighted by Crippen LogP contribution is -2.42. The highest BCUT2D eigenvalue weighted by Gasteiger charge is 2.22. The van der Waals surface area contributed by atoms with E-state index < -0.39 is 0 Å². The molecule has 0 heterocycles. The molecule has 0 aliphatic heterocycles. The first kappa shape index (κ1) is 16.5. The van der Waals surface area contributed by atoms with Crippen molar-refractivity contribution in [3.8, 4) is 5.75 Å². The van der Waals surface area contributed by atoms with Gasteiger partial charge in [0.1, 0.15) is 5.75 Å². The van der Waals surface area contributed by atoms with Crippen molar-refractivity contribution in [1.82, 2.24) is 4.90 Å². The number of hydrogen-bond acceptors (Lipinski definition) is 3. The number of nitrogens with two attached hydrogens (primary N) is 1. The first-order valence-electron chi connectivity index (χ1n) is 7.02. The van der Waals surface area contributed by atoms with Crippen molar-refractivity contribution in [2.24, 2.45) is 11.1 Å². The molecule has 1 aromatic rings. The minimum atomic E-state index is -0.0555. The Bertz CT molecular complexity index is 444. The minimum Gasteiger partial charge on any atom is -0.497 e. The molecule has 4 nitrogen and oxygen atoms in total. The zero-order valence-electron chi connectivity index (χ0n) is 13.0. The summed E-state index contributed by atoms with van der Waals surface area (Å²) in [6.45, 7) is 8.10. The van der Waals surface area contributed by atoms with Crippen molar-refractivity contribution in [2.45, 2.75) is 27.2 Å². The molecule has 112 valence electrons. The smallest absolute Gasteiger partial charge is 0.227 e. The highest BCUT2D eigenvalue weighted by Crippen LogP contribution is 2.17. The lowest BCUT2D eigenvalue weighted by molar-refractivity contribution is -0.131. The summed E-state index contributed by atoms with van der Waals surface area (Å²) in [7, 11) is 1.63. The van der Waals surface area contributed by atoms with Crippen LogP contribution in [-0.2, 0) is 11.2 Å². The molecule has 0 saturated heterocycles. The standard InChI is InChI=1S/C16H26N2O2/c1-5-18(12-16(2,3)11-17)15(19)10-13-7-6-8-14(9-13)20-4/h6-9H,5,10-12,17H2,1-4H3. The molecular weight excluding hydrogens is 252 g/mol. The Morgan fingerprint density at radius 1 is 1.40 bits per heavy atom. The molecule has 1 amide bonds. The monoisotopic (exact) mass is 278 g/mol. The number of nitrogens with zero attached hydrogens (tertiary/aromatic N) is 1. The Kier molecular flexibility index (Phi) is 6.02. The first-order valence-corrected chi connectivity index (χ1v) is 7.02. The highest BCUT2D eigenvalue weighted by molar-refractivity contribution is 5.78. The van der Waals surface area contributed by atoms with Crippen molar-refractivity contribution in [3.63, 3.8) is 0 Å². The molecule has 0 unspecified atom stereocenters. The maximum atomic E-state index is 12.4. The quantitative estimate of drug-likeness (QED) is 0.830. The first-order chi connectivity index (χ1) is 9.41. The summed E-state index contributed by atoms with van der Waals surface area (Å²) in [4.78, 5) is 14.2. The van der Waals surface area contributed by atoms with Gasteiger partial charge in [-0.25, -0.2) is 0 Å². The molecule has 0 atom stereocenters. The lowest BCUT2D eigenvalue weighted by atomic mass is 9.93. The van der Waals surface area contributed by atoms with Gasteiger partial charge in [0.05, 0.1) is 13.5 Å². The fraction of sp³-hybridized carbons (Fsp3) is 0.562. The molecule has 0 radical (unpaired) electrons. The normalized spacial score (nSPS) is 11.2. The second-order valence-electron chi connectivity index (χ2n) is 5.80. The summed E-state index contributed by atoms with van der Waals surface area (Å²) in [5.41, 5.74) is 6.66.